The van der Waals surface area contributed by atoms with E-state index in [4.69, 9.17) is 16.3 Å². The van der Waals surface area contributed by atoms with Crippen LogP contribution in [-0.2, 0) is 9.59 Å². The SMILES string of the molecule is COc1ccccc1NC1=C(Sc2ccc(Cl)cc2)C(=O)N(c2ccc(C)cc2)C1=O. The largest absolute Gasteiger partial charge is 0.495 e. The zero-order valence-electron chi connectivity index (χ0n) is 16.9. The van der Waals surface area contributed by atoms with E-state index in [9.17, 15) is 9.59 Å². The molecule has 5 nitrogen and oxygen atoms in total. The third-order valence-electron chi connectivity index (χ3n) is 4.73. The Hall–Kier alpha value is -3.22. The van der Waals surface area contributed by atoms with Gasteiger partial charge in [-0.3, -0.25) is 9.59 Å². The van der Waals surface area contributed by atoms with E-state index in [1.54, 1.807) is 43.5 Å². The van der Waals surface area contributed by atoms with Gasteiger partial charge in [0.2, 0.25) is 0 Å². The Morgan fingerprint density at radius 3 is 2.26 bits per heavy atom. The lowest BCUT2D eigenvalue weighted by atomic mass is 10.2. The maximum Gasteiger partial charge on any atom is 0.283 e. The molecule has 1 aliphatic heterocycles. The number of nitrogens with zero attached hydrogens (tertiary/aromatic N) is 1. The maximum atomic E-state index is 13.4. The standard InChI is InChI=1S/C24H19ClN2O3S/c1-15-7-11-17(12-8-15)27-23(28)21(26-19-5-3-4-6-20(19)30-2)22(24(27)29)31-18-13-9-16(25)10-14-18/h3-14,26H,1-2H3. The third kappa shape index (κ3) is 4.31. The van der Waals surface area contributed by atoms with Gasteiger partial charge in [-0.1, -0.05) is 53.2 Å². The number of carbonyl (C=O) groups is 2. The molecule has 3 aromatic carbocycles. The first-order valence-electron chi connectivity index (χ1n) is 9.51. The van der Waals surface area contributed by atoms with Crippen LogP contribution in [0.15, 0.2) is 88.3 Å². The lowest BCUT2D eigenvalue weighted by Gasteiger charge is -2.16. The fourth-order valence-corrected chi connectivity index (χ4v) is 4.20. The highest BCUT2D eigenvalue weighted by atomic mass is 35.5. The molecule has 0 fully saturated rings. The summed E-state index contributed by atoms with van der Waals surface area (Å²) in [4.78, 5) is 29.0. The van der Waals surface area contributed by atoms with Crippen molar-refractivity contribution in [3.05, 3.63) is 94.0 Å². The summed E-state index contributed by atoms with van der Waals surface area (Å²) in [7, 11) is 1.55. The summed E-state index contributed by atoms with van der Waals surface area (Å²) in [5, 5.41) is 3.73. The van der Waals surface area contributed by atoms with Crippen LogP contribution in [-0.4, -0.2) is 18.9 Å². The first-order chi connectivity index (χ1) is 15.0. The molecule has 4 rings (SSSR count). The number of benzene rings is 3. The van der Waals surface area contributed by atoms with E-state index >= 15 is 0 Å². The molecule has 2 amide bonds. The number of carbonyl (C=O) groups excluding carboxylic acids is 2. The minimum absolute atomic E-state index is 0.204. The number of para-hydroxylation sites is 2. The maximum absolute atomic E-state index is 13.4. The van der Waals surface area contributed by atoms with Crippen molar-refractivity contribution < 1.29 is 14.3 Å². The predicted octanol–water partition coefficient (Wildman–Crippen LogP) is 5.65. The van der Waals surface area contributed by atoms with Crippen LogP contribution in [0, 0.1) is 6.92 Å². The fourth-order valence-electron chi connectivity index (χ4n) is 3.15. The molecule has 7 heteroatoms. The van der Waals surface area contributed by atoms with Crippen LogP contribution >= 0.6 is 23.4 Å². The summed E-state index contributed by atoms with van der Waals surface area (Å²) in [6.07, 6.45) is 0. The van der Waals surface area contributed by atoms with Crippen molar-refractivity contribution in [3.8, 4) is 5.75 Å². The molecule has 0 aliphatic carbocycles. The van der Waals surface area contributed by atoms with Crippen molar-refractivity contribution in [2.45, 2.75) is 11.8 Å². The van der Waals surface area contributed by atoms with Gasteiger partial charge >= 0.3 is 0 Å². The molecular formula is C24H19ClN2O3S. The second-order valence-electron chi connectivity index (χ2n) is 6.87. The van der Waals surface area contributed by atoms with Crippen molar-refractivity contribution in [1.82, 2.24) is 0 Å². The summed E-state index contributed by atoms with van der Waals surface area (Å²) in [5.74, 6) is -0.234. The predicted molar refractivity (Wildman–Crippen MR) is 125 cm³/mol. The lowest BCUT2D eigenvalue weighted by molar-refractivity contribution is -0.120. The zero-order chi connectivity index (χ0) is 22.0. The molecule has 0 spiro atoms. The summed E-state index contributed by atoms with van der Waals surface area (Å²) in [5.41, 5.74) is 2.36. The van der Waals surface area contributed by atoms with Gasteiger partial charge in [0.1, 0.15) is 16.4 Å². The second-order valence-corrected chi connectivity index (χ2v) is 8.39. The van der Waals surface area contributed by atoms with Crippen LogP contribution in [0.3, 0.4) is 0 Å². The van der Waals surface area contributed by atoms with Crippen LogP contribution in [0.2, 0.25) is 5.02 Å². The van der Waals surface area contributed by atoms with Gasteiger partial charge in [0.15, 0.2) is 0 Å². The number of anilines is 2. The number of amides is 2. The van der Waals surface area contributed by atoms with Crippen molar-refractivity contribution in [2.75, 3.05) is 17.3 Å². The van der Waals surface area contributed by atoms with Gasteiger partial charge in [-0.05, 0) is 55.5 Å². The van der Waals surface area contributed by atoms with Crippen molar-refractivity contribution in [3.63, 3.8) is 0 Å². The summed E-state index contributed by atoms with van der Waals surface area (Å²) in [6.45, 7) is 1.95. The molecule has 0 saturated heterocycles. The van der Waals surface area contributed by atoms with Gasteiger partial charge < -0.3 is 10.1 Å². The van der Waals surface area contributed by atoms with Gasteiger partial charge in [-0.2, -0.15) is 0 Å². The van der Waals surface area contributed by atoms with Crippen LogP contribution in [0.5, 0.6) is 5.75 Å². The van der Waals surface area contributed by atoms with Gasteiger partial charge in [-0.15, -0.1) is 0 Å². The Morgan fingerprint density at radius 2 is 1.58 bits per heavy atom. The normalized spacial score (nSPS) is 13.7. The van der Waals surface area contributed by atoms with Crippen molar-refractivity contribution >= 4 is 46.6 Å². The minimum atomic E-state index is -0.420. The number of ether oxygens (including phenoxy) is 1. The smallest absolute Gasteiger partial charge is 0.283 e. The highest BCUT2D eigenvalue weighted by molar-refractivity contribution is 8.04. The Balaban J connectivity index is 1.76. The molecule has 1 heterocycles. The Kier molecular flexibility index (Phi) is 6.02. The summed E-state index contributed by atoms with van der Waals surface area (Å²) in [6, 6.07) is 21.6. The lowest BCUT2D eigenvalue weighted by Crippen LogP contribution is -2.32. The van der Waals surface area contributed by atoms with E-state index in [0.29, 0.717) is 27.1 Å². The average molecular weight is 451 g/mol. The molecule has 1 aliphatic rings. The van der Waals surface area contributed by atoms with Gasteiger partial charge in [0, 0.05) is 9.92 Å². The number of thioether (sulfide) groups is 1. The molecule has 0 atom stereocenters. The molecular weight excluding hydrogens is 432 g/mol. The highest BCUT2D eigenvalue weighted by Crippen LogP contribution is 2.39. The Bertz CT molecular complexity index is 1170. The monoisotopic (exact) mass is 450 g/mol. The fraction of sp³-hybridized carbons (Fsp3) is 0.0833. The van der Waals surface area contributed by atoms with E-state index in [1.165, 1.54) is 16.7 Å². The summed E-state index contributed by atoms with van der Waals surface area (Å²) >= 11 is 7.21. The number of methoxy groups -OCH3 is 1. The molecule has 0 unspecified atom stereocenters. The molecule has 3 aromatic rings. The quantitative estimate of drug-likeness (QED) is 0.492. The molecule has 0 bridgehead atoms. The van der Waals surface area contributed by atoms with Gasteiger partial charge in [0.25, 0.3) is 11.8 Å². The van der Waals surface area contributed by atoms with Gasteiger partial charge in [0.05, 0.1) is 18.5 Å². The molecule has 31 heavy (non-hydrogen) atoms. The second kappa shape index (κ2) is 8.88. The van der Waals surface area contributed by atoms with Crippen LogP contribution in [0.4, 0.5) is 11.4 Å². The summed E-state index contributed by atoms with van der Waals surface area (Å²) < 4.78 is 5.39. The Morgan fingerprint density at radius 1 is 0.903 bits per heavy atom. The number of hydrogen-bond donors (Lipinski definition) is 1. The number of aryl methyl sites for hydroxylation is 1. The first-order valence-corrected chi connectivity index (χ1v) is 10.7. The highest BCUT2D eigenvalue weighted by Gasteiger charge is 2.40. The number of halogens is 1. The van der Waals surface area contributed by atoms with Crippen LogP contribution < -0.4 is 15.0 Å². The minimum Gasteiger partial charge on any atom is -0.495 e. The number of nitrogens with one attached hydrogen (secondary N) is 1. The van der Waals surface area contributed by atoms with E-state index in [1.807, 2.05) is 43.3 Å². The topological polar surface area (TPSA) is 58.6 Å². The van der Waals surface area contributed by atoms with E-state index in [-0.39, 0.29) is 11.6 Å². The molecule has 1 N–H and O–H groups in total. The van der Waals surface area contributed by atoms with Crippen molar-refractivity contribution in [1.29, 1.82) is 0 Å². The van der Waals surface area contributed by atoms with Crippen LogP contribution in [0.25, 0.3) is 0 Å². The molecule has 156 valence electrons. The first kappa shape index (κ1) is 21.0. The third-order valence-corrected chi connectivity index (χ3v) is 6.08. The van der Waals surface area contributed by atoms with Crippen molar-refractivity contribution in [2.24, 2.45) is 0 Å². The van der Waals surface area contributed by atoms with E-state index in [0.717, 1.165) is 10.5 Å². The molecule has 0 aromatic heterocycles. The number of imide groups is 1. The van der Waals surface area contributed by atoms with Gasteiger partial charge in [-0.25, -0.2) is 4.90 Å². The van der Waals surface area contributed by atoms with E-state index in [2.05, 4.69) is 5.32 Å². The Labute approximate surface area is 189 Å². The molecule has 0 radical (unpaired) electrons. The molecule has 0 saturated carbocycles. The van der Waals surface area contributed by atoms with Crippen LogP contribution in [0.1, 0.15) is 5.56 Å². The average Bonchev–Trinajstić information content (AvgIpc) is 3.00. The zero-order valence-corrected chi connectivity index (χ0v) is 18.5. The number of hydrogen-bond acceptors (Lipinski definition) is 5. The number of rotatable bonds is 6. The van der Waals surface area contributed by atoms with E-state index < -0.39 is 5.91 Å².